The van der Waals surface area contributed by atoms with Gasteiger partial charge in [-0.25, -0.2) is 0 Å². The van der Waals surface area contributed by atoms with Gasteiger partial charge in [0.25, 0.3) is 5.91 Å². The standard InChI is InChI=1S/C17H24N6O2/c1-11-6-16(22(3)20-11)19-17(24)15-7-13-14(25-15)4-5-23(13)10-12-8-18-21(2)9-12/h6,8-9,13-15H,4-5,7,10H2,1-3H3,(H,19,24)/t13-,14-,15+/m0/s1. The molecule has 0 saturated carbocycles. The molecule has 2 aliphatic heterocycles. The summed E-state index contributed by atoms with van der Waals surface area (Å²) in [7, 11) is 3.75. The topological polar surface area (TPSA) is 77.2 Å². The number of aromatic nitrogens is 4. The van der Waals surface area contributed by atoms with Gasteiger partial charge in [-0.1, -0.05) is 0 Å². The fourth-order valence-electron chi connectivity index (χ4n) is 3.92. The van der Waals surface area contributed by atoms with Gasteiger partial charge in [-0.2, -0.15) is 10.2 Å². The van der Waals surface area contributed by atoms with Crippen molar-refractivity contribution in [1.82, 2.24) is 24.5 Å². The number of carbonyl (C=O) groups excluding carboxylic acids is 1. The third-order valence-electron chi connectivity index (χ3n) is 5.08. The summed E-state index contributed by atoms with van der Waals surface area (Å²) < 4.78 is 9.53. The van der Waals surface area contributed by atoms with Gasteiger partial charge < -0.3 is 10.1 Å². The van der Waals surface area contributed by atoms with Crippen molar-refractivity contribution in [2.24, 2.45) is 14.1 Å². The summed E-state index contributed by atoms with van der Waals surface area (Å²) in [5.74, 6) is 0.620. The van der Waals surface area contributed by atoms with Crippen LogP contribution >= 0.6 is 0 Å². The van der Waals surface area contributed by atoms with Crippen LogP contribution in [-0.4, -0.2) is 55.2 Å². The monoisotopic (exact) mass is 344 g/mol. The lowest BCUT2D eigenvalue weighted by molar-refractivity contribution is -0.126. The molecule has 8 nitrogen and oxygen atoms in total. The lowest BCUT2D eigenvalue weighted by Gasteiger charge is -2.21. The summed E-state index contributed by atoms with van der Waals surface area (Å²) in [5.41, 5.74) is 2.08. The van der Waals surface area contributed by atoms with Crippen molar-refractivity contribution < 1.29 is 9.53 Å². The number of hydrogen-bond acceptors (Lipinski definition) is 5. The highest BCUT2D eigenvalue weighted by molar-refractivity contribution is 5.93. The molecule has 4 rings (SSSR count). The van der Waals surface area contributed by atoms with Crippen molar-refractivity contribution in [1.29, 1.82) is 0 Å². The molecule has 25 heavy (non-hydrogen) atoms. The molecule has 1 N–H and O–H groups in total. The van der Waals surface area contributed by atoms with Gasteiger partial charge in [0, 0.05) is 57.5 Å². The Morgan fingerprint density at radius 2 is 2.28 bits per heavy atom. The van der Waals surface area contributed by atoms with Crippen molar-refractivity contribution in [3.05, 3.63) is 29.7 Å². The van der Waals surface area contributed by atoms with Crippen molar-refractivity contribution in [2.75, 3.05) is 11.9 Å². The van der Waals surface area contributed by atoms with Gasteiger partial charge in [0.2, 0.25) is 0 Å². The van der Waals surface area contributed by atoms with Crippen molar-refractivity contribution in [2.45, 2.75) is 44.6 Å². The van der Waals surface area contributed by atoms with Crippen LogP contribution in [0.1, 0.15) is 24.1 Å². The van der Waals surface area contributed by atoms with Crippen LogP contribution in [0.15, 0.2) is 18.5 Å². The number of rotatable bonds is 4. The molecule has 0 spiro atoms. The first-order valence-corrected chi connectivity index (χ1v) is 8.68. The van der Waals surface area contributed by atoms with Crippen LogP contribution in [0, 0.1) is 6.92 Å². The summed E-state index contributed by atoms with van der Waals surface area (Å²) in [6.07, 6.45) is 5.38. The molecule has 1 amide bonds. The van der Waals surface area contributed by atoms with Gasteiger partial charge in [-0.05, 0) is 13.3 Å². The highest BCUT2D eigenvalue weighted by atomic mass is 16.5. The zero-order chi connectivity index (χ0) is 17.6. The summed E-state index contributed by atoms with van der Waals surface area (Å²) in [5, 5.41) is 11.4. The van der Waals surface area contributed by atoms with Gasteiger partial charge in [-0.15, -0.1) is 0 Å². The Bertz CT molecular complexity index is 782. The second-order valence-corrected chi connectivity index (χ2v) is 7.03. The molecule has 2 aromatic rings. The molecule has 2 fully saturated rings. The summed E-state index contributed by atoms with van der Waals surface area (Å²) in [6.45, 7) is 3.76. The summed E-state index contributed by atoms with van der Waals surface area (Å²) in [6, 6.07) is 2.16. The zero-order valence-electron chi connectivity index (χ0n) is 14.8. The minimum absolute atomic E-state index is 0.0845. The van der Waals surface area contributed by atoms with Crippen LogP contribution in [0.2, 0.25) is 0 Å². The van der Waals surface area contributed by atoms with E-state index < -0.39 is 6.10 Å². The Balaban J connectivity index is 1.38. The van der Waals surface area contributed by atoms with E-state index in [2.05, 4.69) is 20.4 Å². The quantitative estimate of drug-likeness (QED) is 0.889. The van der Waals surface area contributed by atoms with Gasteiger partial charge in [0.15, 0.2) is 0 Å². The van der Waals surface area contributed by atoms with Gasteiger partial charge >= 0.3 is 0 Å². The number of anilines is 1. The molecule has 0 aromatic carbocycles. The highest BCUT2D eigenvalue weighted by Crippen LogP contribution is 2.34. The van der Waals surface area contributed by atoms with E-state index >= 15 is 0 Å². The van der Waals surface area contributed by atoms with Gasteiger partial charge in [0.1, 0.15) is 11.9 Å². The van der Waals surface area contributed by atoms with E-state index in [9.17, 15) is 4.79 Å². The molecule has 4 heterocycles. The Kier molecular flexibility index (Phi) is 4.09. The maximum Gasteiger partial charge on any atom is 0.254 e. The fraction of sp³-hybridized carbons (Fsp3) is 0.588. The van der Waals surface area contributed by atoms with Crippen LogP contribution < -0.4 is 5.32 Å². The number of ether oxygens (including phenoxy) is 1. The number of carbonyl (C=O) groups is 1. The Morgan fingerprint density at radius 3 is 2.96 bits per heavy atom. The lowest BCUT2D eigenvalue weighted by Crippen LogP contribution is -2.33. The maximum atomic E-state index is 12.6. The molecule has 3 atom stereocenters. The third kappa shape index (κ3) is 3.19. The van der Waals surface area contributed by atoms with Crippen LogP contribution in [0.25, 0.3) is 0 Å². The van der Waals surface area contributed by atoms with Crippen LogP contribution in [0.4, 0.5) is 5.82 Å². The Labute approximate surface area is 146 Å². The van der Waals surface area contributed by atoms with E-state index in [4.69, 9.17) is 4.74 Å². The Morgan fingerprint density at radius 1 is 1.44 bits per heavy atom. The van der Waals surface area contributed by atoms with Crippen LogP contribution in [-0.2, 0) is 30.2 Å². The summed E-state index contributed by atoms with van der Waals surface area (Å²) >= 11 is 0. The molecule has 134 valence electrons. The minimum atomic E-state index is -0.401. The number of amides is 1. The SMILES string of the molecule is Cc1cc(NC(=O)[C@H]2C[C@H]3[C@H](CCN3Cc3cnn(C)c3)O2)n(C)n1. The Hall–Kier alpha value is -2.19. The molecular weight excluding hydrogens is 320 g/mol. The fourth-order valence-corrected chi connectivity index (χ4v) is 3.92. The largest absolute Gasteiger partial charge is 0.363 e. The molecule has 2 aromatic heterocycles. The van der Waals surface area contributed by atoms with E-state index in [-0.39, 0.29) is 12.0 Å². The van der Waals surface area contributed by atoms with E-state index in [0.717, 1.165) is 31.6 Å². The minimum Gasteiger partial charge on any atom is -0.363 e. The molecule has 2 saturated heterocycles. The van der Waals surface area contributed by atoms with Crippen molar-refractivity contribution in [3.63, 3.8) is 0 Å². The normalized spacial score (nSPS) is 26.1. The average Bonchev–Trinajstić information content (AvgIpc) is 3.28. The molecule has 2 aliphatic rings. The number of hydrogen-bond donors (Lipinski definition) is 1. The first kappa shape index (κ1) is 16.3. The molecule has 8 heteroatoms. The average molecular weight is 344 g/mol. The molecule has 0 bridgehead atoms. The maximum absolute atomic E-state index is 12.6. The summed E-state index contributed by atoms with van der Waals surface area (Å²) in [4.78, 5) is 15.0. The molecule has 0 aliphatic carbocycles. The number of nitrogens with one attached hydrogen (secondary N) is 1. The van der Waals surface area contributed by atoms with E-state index in [1.54, 1.807) is 4.68 Å². The first-order chi connectivity index (χ1) is 12.0. The molecule has 0 radical (unpaired) electrons. The van der Waals surface area contributed by atoms with E-state index in [1.165, 1.54) is 5.56 Å². The van der Waals surface area contributed by atoms with Crippen LogP contribution in [0.5, 0.6) is 0 Å². The van der Waals surface area contributed by atoms with E-state index in [1.807, 2.05) is 44.2 Å². The first-order valence-electron chi connectivity index (χ1n) is 8.68. The van der Waals surface area contributed by atoms with Crippen LogP contribution in [0.3, 0.4) is 0 Å². The van der Waals surface area contributed by atoms with Gasteiger partial charge in [-0.3, -0.25) is 19.1 Å². The van der Waals surface area contributed by atoms with Gasteiger partial charge in [0.05, 0.1) is 18.0 Å². The number of likely N-dealkylation sites (tertiary alicyclic amines) is 1. The highest BCUT2D eigenvalue weighted by Gasteiger charge is 2.45. The second kappa shape index (κ2) is 6.27. The molecule has 0 unspecified atom stereocenters. The predicted octanol–water partition coefficient (Wildman–Crippen LogP) is 0.833. The zero-order valence-corrected chi connectivity index (χ0v) is 14.8. The smallest absolute Gasteiger partial charge is 0.254 e. The van der Waals surface area contributed by atoms with E-state index in [0.29, 0.717) is 11.9 Å². The third-order valence-corrected chi connectivity index (χ3v) is 5.08. The van der Waals surface area contributed by atoms with Crippen molar-refractivity contribution in [3.8, 4) is 0 Å². The second-order valence-electron chi connectivity index (χ2n) is 7.03. The predicted molar refractivity (Wildman–Crippen MR) is 91.9 cm³/mol. The molecular formula is C17H24N6O2. The number of aryl methyl sites for hydroxylation is 3. The number of nitrogens with zero attached hydrogens (tertiary/aromatic N) is 5. The van der Waals surface area contributed by atoms with Crippen molar-refractivity contribution >= 4 is 11.7 Å². The lowest BCUT2D eigenvalue weighted by atomic mass is 10.1. The number of fused-ring (bicyclic) bond motifs is 1.